The van der Waals surface area contributed by atoms with Crippen LogP contribution in [0.1, 0.15) is 61.3 Å². The summed E-state index contributed by atoms with van der Waals surface area (Å²) in [6.07, 6.45) is -1.46. The summed E-state index contributed by atoms with van der Waals surface area (Å²) in [6.45, 7) is 10.5. The van der Waals surface area contributed by atoms with Gasteiger partial charge in [-0.1, -0.05) is 26.8 Å². The summed E-state index contributed by atoms with van der Waals surface area (Å²) < 4.78 is 41.0. The standard InChI is InChI=1S/C32H44O13/c1-16(2)11-26(36)44-24-13-23(42-19(5)34)30(7)22(41-18(4)33)10-9-21(14-39-8)12-25-32(38,17(3)29(37)45-25)28(43-20(6)35)27(30)31(24)15-40-31/h9-10,12,16-17,22-25,27-28,38H,11,13-15H2,1-8H3/b10-9-,21-12+/t17-,22-,23-,24+,25-,27+,28-,30-,31+,32-/m0/s1. The number of carbonyl (C=O) groups excluding carboxylic acids is 5. The van der Waals surface area contributed by atoms with Crippen molar-refractivity contribution in [2.24, 2.45) is 23.2 Å². The zero-order valence-electron chi connectivity index (χ0n) is 27.0. The number of carbonyl (C=O) groups is 5. The van der Waals surface area contributed by atoms with Gasteiger partial charge in [-0.3, -0.25) is 24.0 Å². The van der Waals surface area contributed by atoms with Gasteiger partial charge < -0.3 is 38.3 Å². The molecular weight excluding hydrogens is 592 g/mol. The first-order valence-electron chi connectivity index (χ1n) is 15.2. The van der Waals surface area contributed by atoms with Crippen molar-refractivity contribution < 1.29 is 62.2 Å². The highest BCUT2D eigenvalue weighted by atomic mass is 16.6. The average Bonchev–Trinajstić information content (AvgIpc) is 3.67. The summed E-state index contributed by atoms with van der Waals surface area (Å²) >= 11 is 0. The minimum absolute atomic E-state index is 0.00262. The SMILES string of the molecule is COCC1=C/[C@@H]2OC(=O)[C@H](C)[C@@]2(O)[C@@H](OC(C)=O)[C@H]2[C@@]3(CO3)[C@H](OC(=O)CC(C)C)C[C@H](OC(C)=O)[C@]2(C)[C@@H](OC(C)=O)/C=C\1. The molecule has 1 N–H and O–H groups in total. The van der Waals surface area contributed by atoms with Crippen LogP contribution in [0.25, 0.3) is 0 Å². The second kappa shape index (κ2) is 12.8. The Balaban J connectivity index is 2.05. The van der Waals surface area contributed by atoms with Crippen molar-refractivity contribution in [1.29, 1.82) is 0 Å². The van der Waals surface area contributed by atoms with E-state index in [1.165, 1.54) is 34.0 Å². The van der Waals surface area contributed by atoms with Crippen LogP contribution >= 0.6 is 0 Å². The summed E-state index contributed by atoms with van der Waals surface area (Å²) in [7, 11) is 1.46. The van der Waals surface area contributed by atoms with Crippen molar-refractivity contribution in [2.45, 2.75) is 103 Å². The van der Waals surface area contributed by atoms with E-state index in [-0.39, 0.29) is 32.0 Å². The summed E-state index contributed by atoms with van der Waals surface area (Å²) in [5.74, 6) is -5.82. The first kappa shape index (κ1) is 34.6. The van der Waals surface area contributed by atoms with E-state index in [1.54, 1.807) is 19.1 Å². The fraction of sp³-hybridized carbons (Fsp3) is 0.719. The molecule has 2 aliphatic heterocycles. The van der Waals surface area contributed by atoms with Gasteiger partial charge in [0.2, 0.25) is 0 Å². The van der Waals surface area contributed by atoms with Gasteiger partial charge in [0, 0.05) is 46.6 Å². The third-order valence-electron chi connectivity index (χ3n) is 9.36. The summed E-state index contributed by atoms with van der Waals surface area (Å²) in [4.78, 5) is 64.3. The van der Waals surface area contributed by atoms with E-state index in [0.29, 0.717) is 5.57 Å². The predicted molar refractivity (Wildman–Crippen MR) is 154 cm³/mol. The molecule has 250 valence electrons. The minimum Gasteiger partial charge on any atom is -0.462 e. The van der Waals surface area contributed by atoms with E-state index in [1.807, 2.05) is 13.8 Å². The molecule has 3 fully saturated rings. The molecular formula is C32H44O13. The molecule has 0 aromatic rings. The average molecular weight is 637 g/mol. The first-order chi connectivity index (χ1) is 21.0. The quantitative estimate of drug-likeness (QED) is 0.233. The molecule has 1 spiro atoms. The lowest BCUT2D eigenvalue weighted by atomic mass is 9.52. The van der Waals surface area contributed by atoms with Crippen LogP contribution in [0.15, 0.2) is 23.8 Å². The summed E-state index contributed by atoms with van der Waals surface area (Å²) in [5, 5.41) is 12.7. The number of aliphatic hydroxyl groups is 1. The smallest absolute Gasteiger partial charge is 0.312 e. The molecule has 45 heavy (non-hydrogen) atoms. The number of hydrogen-bond acceptors (Lipinski definition) is 13. The number of esters is 5. The molecule has 2 heterocycles. The monoisotopic (exact) mass is 636 g/mol. The van der Waals surface area contributed by atoms with Gasteiger partial charge in [0.25, 0.3) is 0 Å². The zero-order chi connectivity index (χ0) is 33.5. The minimum atomic E-state index is -2.21. The number of hydrogen-bond donors (Lipinski definition) is 1. The Morgan fingerprint density at radius 1 is 1.02 bits per heavy atom. The maximum Gasteiger partial charge on any atom is 0.312 e. The van der Waals surface area contributed by atoms with E-state index in [9.17, 15) is 29.1 Å². The van der Waals surface area contributed by atoms with Gasteiger partial charge in [-0.25, -0.2) is 0 Å². The molecule has 0 radical (unpaired) electrons. The van der Waals surface area contributed by atoms with Crippen molar-refractivity contribution in [2.75, 3.05) is 20.3 Å². The third-order valence-corrected chi connectivity index (χ3v) is 9.36. The molecule has 4 aliphatic rings. The number of methoxy groups -OCH3 is 1. The van der Waals surface area contributed by atoms with Crippen LogP contribution in [0, 0.1) is 23.2 Å². The molecule has 4 rings (SSSR count). The number of ether oxygens (including phenoxy) is 7. The second-order valence-corrected chi connectivity index (χ2v) is 13.1. The third kappa shape index (κ3) is 6.39. The molecule has 13 heteroatoms. The molecule has 1 saturated carbocycles. The van der Waals surface area contributed by atoms with E-state index >= 15 is 0 Å². The second-order valence-electron chi connectivity index (χ2n) is 13.1. The van der Waals surface area contributed by atoms with Crippen LogP contribution in [-0.4, -0.2) is 97.0 Å². The van der Waals surface area contributed by atoms with Gasteiger partial charge in [0.1, 0.15) is 30.0 Å². The number of fused-ring (bicyclic) bond motifs is 3. The van der Waals surface area contributed by atoms with Crippen molar-refractivity contribution >= 4 is 29.8 Å². The van der Waals surface area contributed by atoms with Crippen molar-refractivity contribution in [3.05, 3.63) is 23.8 Å². The molecule has 0 amide bonds. The Morgan fingerprint density at radius 2 is 1.64 bits per heavy atom. The zero-order valence-corrected chi connectivity index (χ0v) is 27.0. The van der Waals surface area contributed by atoms with Crippen molar-refractivity contribution in [1.82, 2.24) is 0 Å². The van der Waals surface area contributed by atoms with Gasteiger partial charge in [-0.15, -0.1) is 0 Å². The van der Waals surface area contributed by atoms with E-state index in [2.05, 4.69) is 0 Å². The maximum atomic E-state index is 13.1. The molecule has 13 nitrogen and oxygen atoms in total. The van der Waals surface area contributed by atoms with Crippen LogP contribution < -0.4 is 0 Å². The highest BCUT2D eigenvalue weighted by Gasteiger charge is 2.78. The van der Waals surface area contributed by atoms with Gasteiger partial charge in [-0.2, -0.15) is 0 Å². The Labute approximate surface area is 262 Å². The Kier molecular flexibility index (Phi) is 9.87. The van der Waals surface area contributed by atoms with Crippen LogP contribution in [0.4, 0.5) is 0 Å². The van der Waals surface area contributed by atoms with Gasteiger partial charge >= 0.3 is 29.8 Å². The van der Waals surface area contributed by atoms with Crippen LogP contribution in [0.2, 0.25) is 0 Å². The molecule has 0 bridgehead atoms. The number of epoxide rings is 1. The number of rotatable bonds is 8. The molecule has 2 saturated heterocycles. The highest BCUT2D eigenvalue weighted by Crippen LogP contribution is 2.62. The Morgan fingerprint density at radius 3 is 2.18 bits per heavy atom. The first-order valence-corrected chi connectivity index (χ1v) is 15.2. The summed E-state index contributed by atoms with van der Waals surface area (Å²) in [6, 6.07) is 0. The normalized spacial score (nSPS) is 40.6. The predicted octanol–water partition coefficient (Wildman–Crippen LogP) is 1.97. The van der Waals surface area contributed by atoms with Crippen molar-refractivity contribution in [3.63, 3.8) is 0 Å². The van der Waals surface area contributed by atoms with Gasteiger partial charge in [0.15, 0.2) is 11.7 Å². The van der Waals surface area contributed by atoms with Crippen LogP contribution in [0.5, 0.6) is 0 Å². The highest BCUT2D eigenvalue weighted by molar-refractivity contribution is 5.78. The largest absolute Gasteiger partial charge is 0.462 e. The molecule has 0 unspecified atom stereocenters. The Bertz CT molecular complexity index is 1270. The van der Waals surface area contributed by atoms with E-state index < -0.39 is 88.8 Å². The molecule has 2 aliphatic carbocycles. The Hall–Kier alpha value is -3.29. The fourth-order valence-corrected chi connectivity index (χ4v) is 7.25. The molecule has 0 aromatic heterocycles. The summed E-state index contributed by atoms with van der Waals surface area (Å²) in [5.41, 5.74) is -4.63. The topological polar surface area (TPSA) is 173 Å². The van der Waals surface area contributed by atoms with Crippen LogP contribution in [-0.2, 0) is 57.1 Å². The lowest BCUT2D eigenvalue weighted by Crippen LogP contribution is -2.71. The van der Waals surface area contributed by atoms with Crippen molar-refractivity contribution in [3.8, 4) is 0 Å². The van der Waals surface area contributed by atoms with Gasteiger partial charge in [-0.05, 0) is 30.6 Å². The molecule has 10 atom stereocenters. The molecule has 0 aromatic carbocycles. The fourth-order valence-electron chi connectivity index (χ4n) is 7.25. The van der Waals surface area contributed by atoms with Gasteiger partial charge in [0.05, 0.1) is 24.5 Å². The maximum absolute atomic E-state index is 13.1. The lowest BCUT2D eigenvalue weighted by molar-refractivity contribution is -0.252. The van der Waals surface area contributed by atoms with E-state index in [4.69, 9.17) is 33.2 Å². The van der Waals surface area contributed by atoms with Crippen LogP contribution in [0.3, 0.4) is 0 Å². The van der Waals surface area contributed by atoms with E-state index in [0.717, 1.165) is 6.92 Å². The lowest BCUT2D eigenvalue weighted by Gasteiger charge is -2.57.